The summed E-state index contributed by atoms with van der Waals surface area (Å²) in [6, 6.07) is 8.02. The molecule has 0 radical (unpaired) electrons. The second-order valence-corrected chi connectivity index (χ2v) is 7.27. The summed E-state index contributed by atoms with van der Waals surface area (Å²) in [5.41, 5.74) is 4.07. The van der Waals surface area contributed by atoms with E-state index in [1.165, 1.54) is 6.33 Å². The first-order chi connectivity index (χ1) is 14.1. The van der Waals surface area contributed by atoms with Gasteiger partial charge in [0.1, 0.15) is 12.1 Å². The van der Waals surface area contributed by atoms with Crippen LogP contribution in [0.15, 0.2) is 30.6 Å². The Morgan fingerprint density at radius 2 is 1.90 bits per heavy atom. The number of amides is 1. The largest absolute Gasteiger partial charge is 0.495 e. The van der Waals surface area contributed by atoms with Crippen molar-refractivity contribution in [2.75, 3.05) is 38.2 Å². The Kier molecular flexibility index (Phi) is 5.33. The van der Waals surface area contributed by atoms with E-state index < -0.39 is 0 Å². The van der Waals surface area contributed by atoms with Crippen molar-refractivity contribution < 1.29 is 9.53 Å². The minimum absolute atomic E-state index is 0.183. The number of aromatic nitrogens is 4. The molecule has 3 heterocycles. The molecule has 1 amide bonds. The highest BCUT2D eigenvalue weighted by Gasteiger charge is 2.23. The molecule has 8 heteroatoms. The molecule has 29 heavy (non-hydrogen) atoms. The van der Waals surface area contributed by atoms with Crippen LogP contribution in [-0.2, 0) is 11.2 Å². The molecule has 0 aliphatic carbocycles. The summed E-state index contributed by atoms with van der Waals surface area (Å²) in [7, 11) is 1.69. The molecule has 4 rings (SSSR count). The van der Waals surface area contributed by atoms with Crippen molar-refractivity contribution in [1.29, 1.82) is 0 Å². The smallest absolute Gasteiger partial charge is 0.252 e. The van der Waals surface area contributed by atoms with E-state index in [2.05, 4.69) is 26.0 Å². The number of anilines is 1. The third-order valence-electron chi connectivity index (χ3n) is 5.64. The maximum atomic E-state index is 12.8. The summed E-state index contributed by atoms with van der Waals surface area (Å²) in [6.45, 7) is 7.01. The fourth-order valence-electron chi connectivity index (χ4n) is 4.00. The summed E-state index contributed by atoms with van der Waals surface area (Å²) >= 11 is 0. The van der Waals surface area contributed by atoms with Crippen molar-refractivity contribution in [2.24, 2.45) is 0 Å². The van der Waals surface area contributed by atoms with Crippen molar-refractivity contribution in [2.45, 2.75) is 26.7 Å². The first kappa shape index (κ1) is 19.2. The molecule has 2 aromatic heterocycles. The van der Waals surface area contributed by atoms with Gasteiger partial charge in [-0.1, -0.05) is 12.1 Å². The molecule has 0 spiro atoms. The molecule has 152 valence electrons. The van der Waals surface area contributed by atoms with Gasteiger partial charge in [0.2, 0.25) is 5.91 Å². The summed E-state index contributed by atoms with van der Waals surface area (Å²) < 4.78 is 7.20. The van der Waals surface area contributed by atoms with Crippen LogP contribution in [0.4, 0.5) is 5.69 Å². The number of hydrogen-bond acceptors (Lipinski definition) is 6. The van der Waals surface area contributed by atoms with Crippen molar-refractivity contribution in [1.82, 2.24) is 24.5 Å². The molecule has 0 bridgehead atoms. The Morgan fingerprint density at radius 3 is 2.66 bits per heavy atom. The number of methoxy groups -OCH3 is 1. The van der Waals surface area contributed by atoms with Crippen LogP contribution in [0.1, 0.15) is 23.4 Å². The molecule has 8 nitrogen and oxygen atoms in total. The fourth-order valence-corrected chi connectivity index (χ4v) is 4.00. The van der Waals surface area contributed by atoms with E-state index in [1.807, 2.05) is 36.9 Å². The van der Waals surface area contributed by atoms with Gasteiger partial charge in [-0.15, -0.1) is 0 Å². The Hall–Kier alpha value is -3.16. The van der Waals surface area contributed by atoms with Gasteiger partial charge in [-0.25, -0.2) is 9.50 Å². The Labute approximate surface area is 170 Å². The van der Waals surface area contributed by atoms with E-state index in [0.29, 0.717) is 18.6 Å². The van der Waals surface area contributed by atoms with E-state index >= 15 is 0 Å². The van der Waals surface area contributed by atoms with Crippen LogP contribution >= 0.6 is 0 Å². The van der Waals surface area contributed by atoms with Gasteiger partial charge in [-0.2, -0.15) is 10.1 Å². The standard InChI is InChI=1S/C21H26N6O2/c1-15-17(16(2)27-21(24-15)22-14-23-27)8-9-20(28)26-12-10-25(11-13-26)18-6-4-5-7-19(18)29-3/h4-7,14H,8-13H2,1-3H3. The highest BCUT2D eigenvalue weighted by molar-refractivity contribution is 5.77. The predicted molar refractivity (Wildman–Crippen MR) is 110 cm³/mol. The second-order valence-electron chi connectivity index (χ2n) is 7.27. The van der Waals surface area contributed by atoms with Gasteiger partial charge in [0.05, 0.1) is 12.8 Å². The molecule has 1 aromatic carbocycles. The van der Waals surface area contributed by atoms with Gasteiger partial charge >= 0.3 is 0 Å². The third-order valence-corrected chi connectivity index (χ3v) is 5.64. The molecule has 0 N–H and O–H groups in total. The van der Waals surface area contributed by atoms with Gasteiger partial charge in [-0.05, 0) is 38.0 Å². The van der Waals surface area contributed by atoms with Crippen molar-refractivity contribution in [3.63, 3.8) is 0 Å². The average molecular weight is 394 g/mol. The molecular formula is C21H26N6O2. The predicted octanol–water partition coefficient (Wildman–Crippen LogP) is 2.03. The lowest BCUT2D eigenvalue weighted by Crippen LogP contribution is -2.49. The van der Waals surface area contributed by atoms with Crippen molar-refractivity contribution in [3.8, 4) is 5.75 Å². The quantitative estimate of drug-likeness (QED) is 0.659. The number of fused-ring (bicyclic) bond motifs is 1. The zero-order valence-electron chi connectivity index (χ0n) is 17.1. The van der Waals surface area contributed by atoms with Crippen LogP contribution in [-0.4, -0.2) is 63.7 Å². The molecule has 1 aliphatic rings. The normalized spacial score (nSPS) is 14.4. The molecule has 1 saturated heterocycles. The maximum Gasteiger partial charge on any atom is 0.252 e. The van der Waals surface area contributed by atoms with E-state index in [-0.39, 0.29) is 5.91 Å². The summed E-state index contributed by atoms with van der Waals surface area (Å²) in [5.74, 6) is 1.65. The van der Waals surface area contributed by atoms with Crippen LogP contribution in [0.2, 0.25) is 0 Å². The summed E-state index contributed by atoms with van der Waals surface area (Å²) in [6.07, 6.45) is 2.63. The molecule has 3 aromatic rings. The van der Waals surface area contributed by atoms with Crippen LogP contribution in [0.25, 0.3) is 5.78 Å². The monoisotopic (exact) mass is 394 g/mol. The minimum Gasteiger partial charge on any atom is -0.495 e. The molecule has 1 aliphatic heterocycles. The number of nitrogens with zero attached hydrogens (tertiary/aromatic N) is 6. The van der Waals surface area contributed by atoms with Crippen LogP contribution in [0.5, 0.6) is 5.75 Å². The number of aryl methyl sites for hydroxylation is 2. The van der Waals surface area contributed by atoms with E-state index in [4.69, 9.17) is 4.74 Å². The number of hydrogen-bond donors (Lipinski definition) is 0. The third kappa shape index (κ3) is 3.74. The van der Waals surface area contributed by atoms with Crippen LogP contribution in [0.3, 0.4) is 0 Å². The van der Waals surface area contributed by atoms with Gasteiger partial charge in [0, 0.05) is 44.0 Å². The number of ether oxygens (including phenoxy) is 1. The molecule has 0 saturated carbocycles. The lowest BCUT2D eigenvalue weighted by atomic mass is 10.1. The maximum absolute atomic E-state index is 12.8. The number of carbonyl (C=O) groups excluding carboxylic acids is 1. The van der Waals surface area contributed by atoms with E-state index in [0.717, 1.165) is 54.6 Å². The summed E-state index contributed by atoms with van der Waals surface area (Å²) in [5, 5.41) is 4.22. The second kappa shape index (κ2) is 8.06. The van der Waals surface area contributed by atoms with E-state index in [9.17, 15) is 4.79 Å². The first-order valence-corrected chi connectivity index (χ1v) is 9.90. The zero-order chi connectivity index (χ0) is 20.4. The fraction of sp³-hybridized carbons (Fsp3) is 0.429. The number of rotatable bonds is 5. The van der Waals surface area contributed by atoms with Crippen LogP contribution < -0.4 is 9.64 Å². The van der Waals surface area contributed by atoms with Crippen LogP contribution in [0, 0.1) is 13.8 Å². The highest BCUT2D eigenvalue weighted by atomic mass is 16.5. The lowest BCUT2D eigenvalue weighted by Gasteiger charge is -2.36. The molecule has 0 unspecified atom stereocenters. The topological polar surface area (TPSA) is 75.9 Å². The zero-order valence-corrected chi connectivity index (χ0v) is 17.1. The minimum atomic E-state index is 0.183. The number of carbonyl (C=O) groups is 1. The summed E-state index contributed by atoms with van der Waals surface area (Å²) in [4.78, 5) is 25.7. The van der Waals surface area contributed by atoms with Gasteiger partial charge < -0.3 is 14.5 Å². The lowest BCUT2D eigenvalue weighted by molar-refractivity contribution is -0.131. The van der Waals surface area contributed by atoms with E-state index in [1.54, 1.807) is 11.6 Å². The average Bonchev–Trinajstić information content (AvgIpc) is 3.22. The number of piperazine rings is 1. The number of para-hydroxylation sites is 2. The number of benzene rings is 1. The Balaban J connectivity index is 1.37. The first-order valence-electron chi connectivity index (χ1n) is 9.90. The van der Waals surface area contributed by atoms with Crippen molar-refractivity contribution in [3.05, 3.63) is 47.5 Å². The SMILES string of the molecule is COc1ccccc1N1CCN(C(=O)CCc2c(C)nc3ncnn3c2C)CC1. The van der Waals surface area contributed by atoms with Gasteiger partial charge in [0.15, 0.2) is 0 Å². The van der Waals surface area contributed by atoms with Gasteiger partial charge in [-0.3, -0.25) is 4.79 Å². The Morgan fingerprint density at radius 1 is 1.14 bits per heavy atom. The highest BCUT2D eigenvalue weighted by Crippen LogP contribution is 2.28. The molecule has 0 atom stereocenters. The molecule has 1 fully saturated rings. The molecular weight excluding hydrogens is 368 g/mol. The Bertz CT molecular complexity index is 1020. The van der Waals surface area contributed by atoms with Gasteiger partial charge in [0.25, 0.3) is 5.78 Å². The van der Waals surface area contributed by atoms with Crippen molar-refractivity contribution >= 4 is 17.4 Å².